The first kappa shape index (κ1) is 13.8. The minimum Gasteiger partial charge on any atom is -0.358 e. The van der Waals surface area contributed by atoms with Gasteiger partial charge in [-0.2, -0.15) is 0 Å². The molecule has 4 aromatic rings. The van der Waals surface area contributed by atoms with E-state index in [4.69, 9.17) is 0 Å². The Morgan fingerprint density at radius 3 is 2.48 bits per heavy atom. The monoisotopic (exact) mass is 301 g/mol. The van der Waals surface area contributed by atoms with Gasteiger partial charge in [-0.25, -0.2) is 4.98 Å². The van der Waals surface area contributed by atoms with Crippen molar-refractivity contribution in [3.05, 3.63) is 77.5 Å². The molecule has 0 unspecified atom stereocenters. The van der Waals surface area contributed by atoms with Crippen molar-refractivity contribution < 1.29 is 0 Å². The SMILES string of the molecule is Cc1ccc(-c2ccc3[nH]c(Cc4cnc[nH]4)c(C)c3c2)cc1. The first-order chi connectivity index (χ1) is 11.2. The number of nitrogens with one attached hydrogen (secondary N) is 2. The Labute approximate surface area is 135 Å². The maximum absolute atomic E-state index is 4.09. The number of aryl methyl sites for hydroxylation is 2. The quantitative estimate of drug-likeness (QED) is 0.562. The van der Waals surface area contributed by atoms with Crippen LogP contribution in [-0.2, 0) is 6.42 Å². The molecule has 0 bridgehead atoms. The topological polar surface area (TPSA) is 44.5 Å². The molecule has 2 heterocycles. The molecule has 0 aliphatic carbocycles. The van der Waals surface area contributed by atoms with E-state index in [0.29, 0.717) is 0 Å². The second-order valence-corrected chi connectivity index (χ2v) is 6.11. The molecule has 114 valence electrons. The van der Waals surface area contributed by atoms with Crippen molar-refractivity contribution in [3.8, 4) is 11.1 Å². The van der Waals surface area contributed by atoms with Crippen LogP contribution >= 0.6 is 0 Å². The fourth-order valence-electron chi connectivity index (χ4n) is 3.06. The summed E-state index contributed by atoms with van der Waals surface area (Å²) < 4.78 is 0. The third-order valence-corrected chi connectivity index (χ3v) is 4.47. The van der Waals surface area contributed by atoms with E-state index in [1.165, 1.54) is 38.9 Å². The Hall–Kier alpha value is -2.81. The summed E-state index contributed by atoms with van der Waals surface area (Å²) in [4.78, 5) is 10.8. The summed E-state index contributed by atoms with van der Waals surface area (Å²) in [6.45, 7) is 4.30. The molecule has 2 aromatic carbocycles. The molecule has 0 aliphatic heterocycles. The number of aromatic nitrogens is 3. The molecule has 3 heteroatoms. The molecule has 2 N–H and O–H groups in total. The number of hydrogen-bond donors (Lipinski definition) is 2. The molecule has 0 atom stereocenters. The molecule has 0 saturated carbocycles. The van der Waals surface area contributed by atoms with E-state index in [9.17, 15) is 0 Å². The number of imidazole rings is 1. The molecule has 0 saturated heterocycles. The van der Waals surface area contributed by atoms with Gasteiger partial charge in [-0.05, 0) is 42.7 Å². The van der Waals surface area contributed by atoms with Crippen molar-refractivity contribution in [2.24, 2.45) is 0 Å². The lowest BCUT2D eigenvalue weighted by Crippen LogP contribution is -1.90. The predicted octanol–water partition coefficient (Wildman–Crippen LogP) is 4.77. The highest BCUT2D eigenvalue weighted by atomic mass is 14.9. The third kappa shape index (κ3) is 2.55. The van der Waals surface area contributed by atoms with E-state index in [0.717, 1.165) is 12.1 Å². The average molecular weight is 301 g/mol. The van der Waals surface area contributed by atoms with Crippen molar-refractivity contribution in [3.63, 3.8) is 0 Å². The van der Waals surface area contributed by atoms with E-state index >= 15 is 0 Å². The van der Waals surface area contributed by atoms with Crippen LogP contribution in [0.5, 0.6) is 0 Å². The van der Waals surface area contributed by atoms with Crippen molar-refractivity contribution in [1.29, 1.82) is 0 Å². The Kier molecular flexibility index (Phi) is 3.27. The first-order valence-corrected chi connectivity index (χ1v) is 7.86. The Balaban J connectivity index is 1.76. The third-order valence-electron chi connectivity index (χ3n) is 4.47. The fraction of sp³-hybridized carbons (Fsp3) is 0.150. The Bertz CT molecular complexity index is 945. The Morgan fingerprint density at radius 1 is 0.957 bits per heavy atom. The summed E-state index contributed by atoms with van der Waals surface area (Å²) in [5.41, 5.74) is 8.66. The van der Waals surface area contributed by atoms with Crippen LogP contribution in [0.4, 0.5) is 0 Å². The summed E-state index contributed by atoms with van der Waals surface area (Å²) in [5, 5.41) is 1.29. The van der Waals surface area contributed by atoms with Gasteiger partial charge in [0.15, 0.2) is 0 Å². The number of benzene rings is 2. The van der Waals surface area contributed by atoms with Gasteiger partial charge >= 0.3 is 0 Å². The lowest BCUT2D eigenvalue weighted by atomic mass is 10.0. The molecular weight excluding hydrogens is 282 g/mol. The largest absolute Gasteiger partial charge is 0.358 e. The molecular formula is C20H19N3. The van der Waals surface area contributed by atoms with E-state index in [1.807, 2.05) is 6.20 Å². The van der Waals surface area contributed by atoms with Gasteiger partial charge in [0.25, 0.3) is 0 Å². The lowest BCUT2D eigenvalue weighted by molar-refractivity contribution is 1.04. The van der Waals surface area contributed by atoms with Crippen LogP contribution in [0.3, 0.4) is 0 Å². The highest BCUT2D eigenvalue weighted by Gasteiger charge is 2.10. The van der Waals surface area contributed by atoms with Gasteiger partial charge in [0.05, 0.1) is 6.33 Å². The van der Waals surface area contributed by atoms with Gasteiger partial charge in [0, 0.05) is 34.9 Å². The van der Waals surface area contributed by atoms with Crippen LogP contribution in [0.15, 0.2) is 55.0 Å². The van der Waals surface area contributed by atoms with Crippen molar-refractivity contribution in [1.82, 2.24) is 15.0 Å². The molecule has 0 spiro atoms. The normalized spacial score (nSPS) is 11.2. The fourth-order valence-corrected chi connectivity index (χ4v) is 3.06. The van der Waals surface area contributed by atoms with Crippen LogP contribution in [0.2, 0.25) is 0 Å². The number of fused-ring (bicyclic) bond motifs is 1. The van der Waals surface area contributed by atoms with E-state index in [1.54, 1.807) is 6.33 Å². The molecule has 0 radical (unpaired) electrons. The van der Waals surface area contributed by atoms with Crippen LogP contribution in [-0.4, -0.2) is 15.0 Å². The predicted molar refractivity (Wildman–Crippen MR) is 94.6 cm³/mol. The summed E-state index contributed by atoms with van der Waals surface area (Å²) >= 11 is 0. The number of H-pyrrole nitrogens is 2. The molecule has 0 amide bonds. The molecule has 4 rings (SSSR count). The number of rotatable bonds is 3. The number of hydrogen-bond acceptors (Lipinski definition) is 1. The summed E-state index contributed by atoms with van der Waals surface area (Å²) in [5.74, 6) is 0. The summed E-state index contributed by atoms with van der Waals surface area (Å²) in [7, 11) is 0. The zero-order valence-corrected chi connectivity index (χ0v) is 13.4. The smallest absolute Gasteiger partial charge is 0.0921 e. The van der Waals surface area contributed by atoms with Gasteiger partial charge in [-0.3, -0.25) is 0 Å². The zero-order chi connectivity index (χ0) is 15.8. The van der Waals surface area contributed by atoms with Crippen molar-refractivity contribution in [2.45, 2.75) is 20.3 Å². The lowest BCUT2D eigenvalue weighted by Gasteiger charge is -2.03. The maximum atomic E-state index is 4.09. The minimum absolute atomic E-state index is 0.848. The summed E-state index contributed by atoms with van der Waals surface area (Å²) in [6.07, 6.45) is 4.45. The minimum atomic E-state index is 0.848. The van der Waals surface area contributed by atoms with Crippen molar-refractivity contribution in [2.75, 3.05) is 0 Å². The van der Waals surface area contributed by atoms with Crippen molar-refractivity contribution >= 4 is 10.9 Å². The highest BCUT2D eigenvalue weighted by Crippen LogP contribution is 2.29. The van der Waals surface area contributed by atoms with E-state index in [2.05, 4.69) is 71.3 Å². The molecule has 23 heavy (non-hydrogen) atoms. The van der Waals surface area contributed by atoms with Crippen LogP contribution in [0, 0.1) is 13.8 Å². The van der Waals surface area contributed by atoms with Crippen LogP contribution in [0.1, 0.15) is 22.5 Å². The molecule has 2 aromatic heterocycles. The van der Waals surface area contributed by atoms with Gasteiger partial charge < -0.3 is 9.97 Å². The second kappa shape index (κ2) is 5.43. The highest BCUT2D eigenvalue weighted by molar-refractivity contribution is 5.89. The van der Waals surface area contributed by atoms with Gasteiger partial charge in [0.1, 0.15) is 0 Å². The number of nitrogens with zero attached hydrogens (tertiary/aromatic N) is 1. The first-order valence-electron chi connectivity index (χ1n) is 7.86. The summed E-state index contributed by atoms with van der Waals surface area (Å²) in [6, 6.07) is 15.3. The Morgan fingerprint density at radius 2 is 1.74 bits per heavy atom. The maximum Gasteiger partial charge on any atom is 0.0921 e. The van der Waals surface area contributed by atoms with Crippen LogP contribution in [0.25, 0.3) is 22.0 Å². The molecule has 0 fully saturated rings. The van der Waals surface area contributed by atoms with Crippen LogP contribution < -0.4 is 0 Å². The van der Waals surface area contributed by atoms with Gasteiger partial charge in [0.2, 0.25) is 0 Å². The zero-order valence-electron chi connectivity index (χ0n) is 13.4. The van der Waals surface area contributed by atoms with Gasteiger partial charge in [-0.1, -0.05) is 35.9 Å². The molecule has 0 aliphatic rings. The van der Waals surface area contributed by atoms with E-state index in [-0.39, 0.29) is 0 Å². The standard InChI is InChI=1S/C20H19N3/c1-13-3-5-15(6-4-13)16-7-8-19-18(9-16)14(2)20(23-19)10-17-11-21-12-22-17/h3-9,11-12,23H,10H2,1-2H3,(H,21,22). The average Bonchev–Trinajstić information content (AvgIpc) is 3.17. The molecule has 3 nitrogen and oxygen atoms in total. The van der Waals surface area contributed by atoms with Gasteiger partial charge in [-0.15, -0.1) is 0 Å². The second-order valence-electron chi connectivity index (χ2n) is 6.11. The number of aromatic amines is 2. The van der Waals surface area contributed by atoms with E-state index < -0.39 is 0 Å².